The minimum Gasteiger partial charge on any atom is -0.398 e. The molecule has 1 aliphatic heterocycles. The van der Waals surface area contributed by atoms with Crippen LogP contribution in [0, 0.1) is 11.2 Å². The van der Waals surface area contributed by atoms with Crippen molar-refractivity contribution in [3.8, 4) is 0 Å². The summed E-state index contributed by atoms with van der Waals surface area (Å²) < 4.78 is 18.5. The van der Waals surface area contributed by atoms with Gasteiger partial charge in [-0.25, -0.2) is 14.2 Å². The van der Waals surface area contributed by atoms with Crippen LogP contribution < -0.4 is 16.4 Å². The summed E-state index contributed by atoms with van der Waals surface area (Å²) in [5.74, 6) is -0.226. The lowest BCUT2D eigenvalue weighted by Gasteiger charge is -2.30. The standard InChI is InChI=1S/C21H27FN6O4/c1-12(30)19(13-2-4-14(22)5-3-13)27-21(31)26-17-10-15(23)18(16(11-29)25-17)20(24)28-6-8-32-9-7-28/h2-5,10,12,19,24,29-30H,6-9,11H2,1H3,(H4,23,25,26,27,31). The lowest BCUT2D eigenvalue weighted by molar-refractivity contribution is 0.0679. The fourth-order valence-electron chi connectivity index (χ4n) is 3.46. The third-order valence-corrected chi connectivity index (χ3v) is 5.08. The Labute approximate surface area is 184 Å². The second-order valence-corrected chi connectivity index (χ2v) is 7.39. The van der Waals surface area contributed by atoms with Crippen molar-refractivity contribution in [2.45, 2.75) is 25.7 Å². The number of nitrogens with two attached hydrogens (primary N) is 1. The Morgan fingerprint density at radius 3 is 2.59 bits per heavy atom. The molecule has 1 aromatic carbocycles. The molecule has 2 unspecified atom stereocenters. The number of hydrogen-bond acceptors (Lipinski definition) is 7. The maximum Gasteiger partial charge on any atom is 0.320 e. The number of urea groups is 1. The zero-order valence-corrected chi connectivity index (χ0v) is 17.6. The number of morpholine rings is 1. The molecule has 2 heterocycles. The summed E-state index contributed by atoms with van der Waals surface area (Å²) in [6.45, 7) is 3.05. The van der Waals surface area contributed by atoms with Gasteiger partial charge in [-0.3, -0.25) is 10.7 Å². The van der Waals surface area contributed by atoms with E-state index in [2.05, 4.69) is 15.6 Å². The van der Waals surface area contributed by atoms with Crippen molar-refractivity contribution in [2.75, 3.05) is 37.4 Å². The molecular weight excluding hydrogens is 419 g/mol. The lowest BCUT2D eigenvalue weighted by Crippen LogP contribution is -2.41. The number of rotatable bonds is 6. The summed E-state index contributed by atoms with van der Waals surface area (Å²) in [7, 11) is 0. The Morgan fingerprint density at radius 2 is 2.00 bits per heavy atom. The van der Waals surface area contributed by atoms with Crippen molar-refractivity contribution in [3.05, 3.63) is 53.0 Å². The predicted molar refractivity (Wildman–Crippen MR) is 117 cm³/mol. The van der Waals surface area contributed by atoms with E-state index in [-0.39, 0.29) is 23.0 Å². The molecule has 0 saturated carbocycles. The van der Waals surface area contributed by atoms with Gasteiger partial charge in [-0.2, -0.15) is 0 Å². The van der Waals surface area contributed by atoms with Gasteiger partial charge in [0.25, 0.3) is 0 Å². The third-order valence-electron chi connectivity index (χ3n) is 5.08. The number of amidine groups is 1. The van der Waals surface area contributed by atoms with Gasteiger partial charge >= 0.3 is 6.03 Å². The van der Waals surface area contributed by atoms with Crippen LogP contribution in [0.4, 0.5) is 20.7 Å². The summed E-state index contributed by atoms with van der Waals surface area (Å²) >= 11 is 0. The summed E-state index contributed by atoms with van der Waals surface area (Å²) in [6.07, 6.45) is -0.950. The Hall–Kier alpha value is -3.28. The number of amides is 2. The summed E-state index contributed by atoms with van der Waals surface area (Å²) in [4.78, 5) is 18.5. The van der Waals surface area contributed by atoms with Gasteiger partial charge in [-0.05, 0) is 24.6 Å². The second kappa shape index (κ2) is 10.4. The van der Waals surface area contributed by atoms with Gasteiger partial charge in [0.2, 0.25) is 0 Å². The third kappa shape index (κ3) is 5.49. The molecule has 32 heavy (non-hydrogen) atoms. The summed E-state index contributed by atoms with van der Waals surface area (Å²) in [5, 5.41) is 33.4. The number of hydrogen-bond donors (Lipinski definition) is 6. The first kappa shape index (κ1) is 23.4. The molecule has 0 bridgehead atoms. The van der Waals surface area contributed by atoms with Crippen molar-refractivity contribution < 1.29 is 24.1 Å². The molecule has 2 atom stereocenters. The first-order valence-electron chi connectivity index (χ1n) is 10.1. The van der Waals surface area contributed by atoms with Crippen LogP contribution in [0.1, 0.15) is 29.8 Å². The van der Waals surface area contributed by atoms with Gasteiger partial charge in [0.1, 0.15) is 17.5 Å². The fraction of sp³-hybridized carbons (Fsp3) is 0.381. The number of nitrogens with one attached hydrogen (secondary N) is 3. The molecule has 0 aliphatic carbocycles. The molecule has 0 spiro atoms. The van der Waals surface area contributed by atoms with E-state index in [0.29, 0.717) is 37.4 Å². The van der Waals surface area contributed by atoms with Crippen LogP contribution in [0.3, 0.4) is 0 Å². The highest BCUT2D eigenvalue weighted by Crippen LogP contribution is 2.23. The van der Waals surface area contributed by atoms with Gasteiger partial charge in [-0.15, -0.1) is 0 Å². The highest BCUT2D eigenvalue weighted by atomic mass is 19.1. The number of pyridine rings is 1. The average molecular weight is 446 g/mol. The molecule has 1 aliphatic rings. The minimum atomic E-state index is -0.950. The molecule has 2 aromatic rings. The first-order chi connectivity index (χ1) is 15.3. The van der Waals surface area contributed by atoms with E-state index >= 15 is 0 Å². The Bertz CT molecular complexity index is 964. The SMILES string of the molecule is CC(O)C(NC(=O)Nc1cc(N)c(C(=N)N2CCOCC2)c(CO)n1)c1ccc(F)cc1. The van der Waals surface area contributed by atoms with E-state index in [4.69, 9.17) is 15.9 Å². The van der Waals surface area contributed by atoms with Crippen molar-refractivity contribution in [1.82, 2.24) is 15.2 Å². The van der Waals surface area contributed by atoms with Crippen molar-refractivity contribution in [1.29, 1.82) is 5.41 Å². The summed E-state index contributed by atoms with van der Waals surface area (Å²) in [5.41, 5.74) is 7.30. The maximum absolute atomic E-state index is 13.2. The number of benzene rings is 1. The Morgan fingerprint density at radius 1 is 1.34 bits per heavy atom. The number of ether oxygens (including phenoxy) is 1. The molecule has 2 amide bonds. The second-order valence-electron chi connectivity index (χ2n) is 7.39. The number of halogens is 1. The zero-order chi connectivity index (χ0) is 23.3. The molecule has 1 fully saturated rings. The molecule has 172 valence electrons. The number of anilines is 2. The molecule has 0 radical (unpaired) electrons. The Balaban J connectivity index is 1.76. The number of aliphatic hydroxyl groups excluding tert-OH is 2. The number of nitrogens with zero attached hydrogens (tertiary/aromatic N) is 2. The van der Waals surface area contributed by atoms with Gasteiger partial charge in [0, 0.05) is 24.8 Å². The van der Waals surface area contributed by atoms with Crippen LogP contribution in [0.2, 0.25) is 0 Å². The molecule has 1 aromatic heterocycles. The summed E-state index contributed by atoms with van der Waals surface area (Å²) in [6, 6.07) is 5.35. The smallest absolute Gasteiger partial charge is 0.320 e. The van der Waals surface area contributed by atoms with Crippen molar-refractivity contribution >= 4 is 23.4 Å². The maximum atomic E-state index is 13.2. The number of aliphatic hydroxyl groups is 2. The highest BCUT2D eigenvalue weighted by molar-refractivity contribution is 6.03. The number of carbonyl (C=O) groups excluding carboxylic acids is 1. The highest BCUT2D eigenvalue weighted by Gasteiger charge is 2.23. The van der Waals surface area contributed by atoms with E-state index < -0.39 is 30.6 Å². The zero-order valence-electron chi connectivity index (χ0n) is 17.6. The first-order valence-corrected chi connectivity index (χ1v) is 10.1. The van der Waals surface area contributed by atoms with Crippen LogP contribution in [0.5, 0.6) is 0 Å². The van der Waals surface area contributed by atoms with Gasteiger partial charge < -0.3 is 30.9 Å². The largest absolute Gasteiger partial charge is 0.398 e. The predicted octanol–water partition coefficient (Wildman–Crippen LogP) is 1.20. The molecule has 7 N–H and O–H groups in total. The van der Waals surface area contributed by atoms with Crippen molar-refractivity contribution in [2.24, 2.45) is 0 Å². The van der Waals surface area contributed by atoms with Crippen LogP contribution >= 0.6 is 0 Å². The monoisotopic (exact) mass is 446 g/mol. The topological polar surface area (TPSA) is 157 Å². The average Bonchev–Trinajstić information content (AvgIpc) is 2.77. The van der Waals surface area contributed by atoms with Gasteiger partial charge in [0.05, 0.1) is 43.2 Å². The lowest BCUT2D eigenvalue weighted by atomic mass is 10.0. The Kier molecular flexibility index (Phi) is 7.57. The van der Waals surface area contributed by atoms with Crippen LogP contribution in [-0.4, -0.2) is 64.4 Å². The van der Waals surface area contributed by atoms with Crippen LogP contribution in [0.15, 0.2) is 30.3 Å². The van der Waals surface area contributed by atoms with E-state index in [1.165, 1.54) is 37.3 Å². The van der Waals surface area contributed by atoms with E-state index in [1.807, 2.05) is 0 Å². The van der Waals surface area contributed by atoms with Gasteiger partial charge in [0.15, 0.2) is 0 Å². The minimum absolute atomic E-state index is 0.0750. The fourth-order valence-corrected chi connectivity index (χ4v) is 3.46. The van der Waals surface area contributed by atoms with E-state index in [0.717, 1.165) is 0 Å². The van der Waals surface area contributed by atoms with E-state index in [9.17, 15) is 19.4 Å². The normalized spacial score (nSPS) is 15.7. The van der Waals surface area contributed by atoms with Crippen molar-refractivity contribution in [3.63, 3.8) is 0 Å². The van der Waals surface area contributed by atoms with Gasteiger partial charge in [-0.1, -0.05) is 12.1 Å². The molecule has 10 nitrogen and oxygen atoms in total. The molecule has 11 heteroatoms. The number of aromatic nitrogens is 1. The molecular formula is C21H27FN6O4. The number of carbonyl (C=O) groups is 1. The van der Waals surface area contributed by atoms with E-state index in [1.54, 1.807) is 4.90 Å². The number of nitrogen functional groups attached to an aromatic ring is 1. The van der Waals surface area contributed by atoms with Crippen LogP contribution in [0.25, 0.3) is 0 Å². The molecule has 3 rings (SSSR count). The van der Waals surface area contributed by atoms with Crippen LogP contribution in [-0.2, 0) is 11.3 Å². The quantitative estimate of drug-likeness (QED) is 0.287. The molecule has 1 saturated heterocycles.